The summed E-state index contributed by atoms with van der Waals surface area (Å²) < 4.78 is 5.96. The highest BCUT2D eigenvalue weighted by molar-refractivity contribution is 6.06. The number of likely N-dealkylation sites (N-methyl/N-ethyl adjacent to an activating group) is 2. The van der Waals surface area contributed by atoms with E-state index >= 15 is 0 Å². The van der Waals surface area contributed by atoms with Crippen molar-refractivity contribution in [3.8, 4) is 5.75 Å². The average molecular weight is 652 g/mol. The molecule has 0 aliphatic carbocycles. The van der Waals surface area contributed by atoms with E-state index in [0.717, 1.165) is 16.8 Å². The zero-order valence-electron chi connectivity index (χ0n) is 27.8. The number of para-hydroxylation sites is 3. The summed E-state index contributed by atoms with van der Waals surface area (Å²) in [6.07, 6.45) is -0.721. The molecule has 0 saturated heterocycles. The zero-order chi connectivity index (χ0) is 34.8. The van der Waals surface area contributed by atoms with Crippen molar-refractivity contribution >= 4 is 46.5 Å². The minimum Gasteiger partial charge on any atom is -0.482 e. The number of urea groups is 1. The van der Waals surface area contributed by atoms with Gasteiger partial charge >= 0.3 is 6.03 Å². The first kappa shape index (κ1) is 35.2. The van der Waals surface area contributed by atoms with Crippen molar-refractivity contribution < 1.29 is 29.0 Å². The Morgan fingerprint density at radius 3 is 2.08 bits per heavy atom. The Bertz CT molecular complexity index is 1740. The molecule has 4 rings (SSSR count). The molecule has 3 N–H and O–H groups in total. The Labute approximate surface area is 280 Å². The van der Waals surface area contributed by atoms with Gasteiger partial charge < -0.3 is 30.3 Å². The lowest BCUT2D eigenvalue weighted by Gasteiger charge is -2.27. The maximum atomic E-state index is 13.7. The Morgan fingerprint density at radius 2 is 1.40 bits per heavy atom. The molecule has 11 nitrogen and oxygen atoms in total. The van der Waals surface area contributed by atoms with Crippen LogP contribution in [0.4, 0.5) is 27.5 Å². The number of amides is 5. The molecule has 11 heteroatoms. The Morgan fingerprint density at radius 1 is 0.750 bits per heavy atom. The molecule has 0 fully saturated rings. The van der Waals surface area contributed by atoms with Gasteiger partial charge in [0, 0.05) is 31.2 Å². The van der Waals surface area contributed by atoms with Gasteiger partial charge in [0.15, 0.2) is 6.61 Å². The maximum Gasteiger partial charge on any atom is 0.319 e. The summed E-state index contributed by atoms with van der Waals surface area (Å²) in [6, 6.07) is 27.5. The predicted octanol–water partition coefficient (Wildman–Crippen LogP) is 5.22. The molecular formula is C37H41N5O6. The highest BCUT2D eigenvalue weighted by atomic mass is 16.5. The molecule has 0 aliphatic heterocycles. The van der Waals surface area contributed by atoms with Gasteiger partial charge in [-0.3, -0.25) is 19.3 Å². The number of aryl methyl sites for hydroxylation is 2. The highest BCUT2D eigenvalue weighted by Gasteiger charge is 2.25. The summed E-state index contributed by atoms with van der Waals surface area (Å²) in [5, 5.41) is 15.1. The molecule has 0 spiro atoms. The van der Waals surface area contributed by atoms with Crippen LogP contribution < -0.4 is 30.1 Å². The number of hydrogen-bond donors (Lipinski definition) is 3. The van der Waals surface area contributed by atoms with E-state index in [1.807, 2.05) is 38.1 Å². The number of nitrogens with zero attached hydrogens (tertiary/aromatic N) is 3. The third-order valence-electron chi connectivity index (χ3n) is 7.61. The van der Waals surface area contributed by atoms with Crippen LogP contribution in [-0.2, 0) is 14.4 Å². The molecule has 5 amide bonds. The number of anilines is 4. The van der Waals surface area contributed by atoms with Gasteiger partial charge in [0.25, 0.3) is 5.91 Å². The van der Waals surface area contributed by atoms with Gasteiger partial charge in [-0.1, -0.05) is 48.5 Å². The maximum absolute atomic E-state index is 13.7. The van der Waals surface area contributed by atoms with E-state index in [9.17, 15) is 24.3 Å². The SMILES string of the molecule is Cc1cc(C)cc(N(C)C(=O)COc2ccccc2N(CC(=O)N(C)c2ccccc2)C(=O)CNC(=O)Nc2cccc(C(C)O)c2)c1. The fraction of sp³-hybridized carbons (Fsp3) is 0.243. The van der Waals surface area contributed by atoms with Crippen LogP contribution in [0.2, 0.25) is 0 Å². The van der Waals surface area contributed by atoms with Crippen molar-refractivity contribution in [2.24, 2.45) is 0 Å². The molecule has 0 heterocycles. The lowest BCUT2D eigenvalue weighted by atomic mass is 10.1. The highest BCUT2D eigenvalue weighted by Crippen LogP contribution is 2.29. The number of hydrogen-bond acceptors (Lipinski definition) is 6. The van der Waals surface area contributed by atoms with E-state index in [1.54, 1.807) is 93.8 Å². The molecule has 250 valence electrons. The number of nitrogens with one attached hydrogen (secondary N) is 2. The number of carbonyl (C=O) groups is 4. The number of ether oxygens (including phenoxy) is 1. The van der Waals surface area contributed by atoms with Crippen LogP contribution in [0.5, 0.6) is 5.75 Å². The molecule has 0 bridgehead atoms. The largest absolute Gasteiger partial charge is 0.482 e. The van der Waals surface area contributed by atoms with Crippen LogP contribution in [0.15, 0.2) is 97.1 Å². The normalized spacial score (nSPS) is 11.2. The van der Waals surface area contributed by atoms with E-state index in [4.69, 9.17) is 4.74 Å². The summed E-state index contributed by atoms with van der Waals surface area (Å²) >= 11 is 0. The van der Waals surface area contributed by atoms with Crippen LogP contribution in [0.25, 0.3) is 0 Å². The van der Waals surface area contributed by atoms with Gasteiger partial charge in [-0.05, 0) is 86.0 Å². The minimum absolute atomic E-state index is 0.211. The molecule has 0 saturated carbocycles. The number of rotatable bonds is 12. The predicted molar refractivity (Wildman–Crippen MR) is 188 cm³/mol. The molecule has 4 aromatic rings. The topological polar surface area (TPSA) is 132 Å². The third-order valence-corrected chi connectivity index (χ3v) is 7.61. The standard InChI is InChI=1S/C37H41N5O6/c1-25-18-26(2)20-31(19-25)41(5)36(46)24-48-33-17-10-9-16-32(33)42(23-35(45)40(4)30-14-7-6-8-15-30)34(44)22-38-37(47)39-29-13-11-12-28(21-29)27(3)43/h6-21,27,43H,22-24H2,1-5H3,(H2,38,39,47). The van der Waals surface area contributed by atoms with Crippen LogP contribution in [-0.4, -0.2) is 62.7 Å². The van der Waals surface area contributed by atoms with Crippen LogP contribution in [0.1, 0.15) is 29.7 Å². The van der Waals surface area contributed by atoms with E-state index in [0.29, 0.717) is 16.9 Å². The second-order valence-electron chi connectivity index (χ2n) is 11.4. The molecule has 4 aromatic carbocycles. The minimum atomic E-state index is -0.721. The van der Waals surface area contributed by atoms with Crippen molar-refractivity contribution in [2.75, 3.05) is 53.8 Å². The Hall–Kier alpha value is -5.68. The zero-order valence-corrected chi connectivity index (χ0v) is 27.8. The van der Waals surface area contributed by atoms with E-state index < -0.39 is 30.5 Å². The number of carbonyl (C=O) groups excluding carboxylic acids is 4. The van der Waals surface area contributed by atoms with E-state index in [2.05, 4.69) is 10.6 Å². The second kappa shape index (κ2) is 16.2. The van der Waals surface area contributed by atoms with Gasteiger partial charge in [-0.15, -0.1) is 0 Å². The van der Waals surface area contributed by atoms with Gasteiger partial charge in [0.05, 0.1) is 18.3 Å². The van der Waals surface area contributed by atoms with Gasteiger partial charge in [-0.25, -0.2) is 4.79 Å². The van der Waals surface area contributed by atoms with Crippen molar-refractivity contribution in [1.82, 2.24) is 5.32 Å². The quantitative estimate of drug-likeness (QED) is 0.193. The fourth-order valence-corrected chi connectivity index (χ4v) is 4.97. The number of benzene rings is 4. The van der Waals surface area contributed by atoms with Crippen molar-refractivity contribution in [3.05, 3.63) is 114 Å². The number of aliphatic hydroxyl groups excluding tert-OH is 1. The average Bonchev–Trinajstić information content (AvgIpc) is 3.08. The van der Waals surface area contributed by atoms with Crippen LogP contribution in [0.3, 0.4) is 0 Å². The summed E-state index contributed by atoms with van der Waals surface area (Å²) in [4.78, 5) is 57.3. The molecule has 0 aromatic heterocycles. The van der Waals surface area contributed by atoms with Crippen molar-refractivity contribution in [3.63, 3.8) is 0 Å². The molecular weight excluding hydrogens is 610 g/mol. The summed E-state index contributed by atoms with van der Waals surface area (Å²) in [5.41, 5.74) is 4.71. The smallest absolute Gasteiger partial charge is 0.319 e. The first-order chi connectivity index (χ1) is 22.9. The van der Waals surface area contributed by atoms with Gasteiger partial charge in [0.2, 0.25) is 11.8 Å². The van der Waals surface area contributed by atoms with Crippen molar-refractivity contribution in [1.29, 1.82) is 0 Å². The first-order valence-electron chi connectivity index (χ1n) is 15.4. The van der Waals surface area contributed by atoms with Crippen LogP contribution in [0, 0.1) is 13.8 Å². The molecule has 0 radical (unpaired) electrons. The first-order valence-corrected chi connectivity index (χ1v) is 15.4. The van der Waals surface area contributed by atoms with E-state index in [1.165, 1.54) is 14.7 Å². The monoisotopic (exact) mass is 651 g/mol. The summed E-state index contributed by atoms with van der Waals surface area (Å²) in [7, 11) is 3.27. The molecule has 48 heavy (non-hydrogen) atoms. The lowest BCUT2D eigenvalue weighted by Crippen LogP contribution is -2.46. The molecule has 0 aliphatic rings. The lowest BCUT2D eigenvalue weighted by molar-refractivity contribution is -0.121. The van der Waals surface area contributed by atoms with Crippen molar-refractivity contribution in [2.45, 2.75) is 26.9 Å². The summed E-state index contributed by atoms with van der Waals surface area (Å²) in [6.45, 7) is 4.37. The third kappa shape index (κ3) is 9.43. The Kier molecular flexibility index (Phi) is 11.9. The molecule has 1 unspecified atom stereocenters. The van der Waals surface area contributed by atoms with Crippen LogP contribution >= 0.6 is 0 Å². The van der Waals surface area contributed by atoms with E-state index in [-0.39, 0.29) is 30.5 Å². The second-order valence-corrected chi connectivity index (χ2v) is 11.4. The van der Waals surface area contributed by atoms with Gasteiger partial charge in [0.1, 0.15) is 12.3 Å². The molecule has 1 atom stereocenters. The summed E-state index contributed by atoms with van der Waals surface area (Å²) in [5.74, 6) is -1.09. The Balaban J connectivity index is 1.53. The van der Waals surface area contributed by atoms with Gasteiger partial charge in [-0.2, -0.15) is 0 Å². The number of aliphatic hydroxyl groups is 1. The fourth-order valence-electron chi connectivity index (χ4n) is 4.97.